The van der Waals surface area contributed by atoms with E-state index in [2.05, 4.69) is 0 Å². The molecule has 82 valence electrons. The van der Waals surface area contributed by atoms with Gasteiger partial charge in [0, 0.05) is 6.42 Å². The molecule has 0 amide bonds. The summed E-state index contributed by atoms with van der Waals surface area (Å²) in [6, 6.07) is 7.61. The molecule has 0 radical (unpaired) electrons. The second kappa shape index (κ2) is 5.51. The Morgan fingerprint density at radius 3 is 2.73 bits per heavy atom. The summed E-state index contributed by atoms with van der Waals surface area (Å²) < 4.78 is 5.10. The van der Waals surface area contributed by atoms with Crippen LogP contribution in [0.25, 0.3) is 0 Å². The summed E-state index contributed by atoms with van der Waals surface area (Å²) in [5, 5.41) is 0. The van der Waals surface area contributed by atoms with Crippen LogP contribution in [0.3, 0.4) is 0 Å². The Morgan fingerprint density at radius 2 is 2.13 bits per heavy atom. The number of carbonyl (C=O) groups excluding carboxylic acids is 1. The molecule has 1 rings (SSSR count). The number of ether oxygens (including phenoxy) is 1. The molecule has 1 aromatic rings. The lowest BCUT2D eigenvalue weighted by Gasteiger charge is -2.08. The van der Waals surface area contributed by atoms with Crippen molar-refractivity contribution in [3.63, 3.8) is 0 Å². The van der Waals surface area contributed by atoms with Crippen molar-refractivity contribution >= 4 is 5.78 Å². The summed E-state index contributed by atoms with van der Waals surface area (Å²) in [5.41, 5.74) is 1.00. The first-order valence-electron chi connectivity index (χ1n) is 4.91. The van der Waals surface area contributed by atoms with Crippen LogP contribution in [-0.2, 0) is 11.2 Å². The van der Waals surface area contributed by atoms with Gasteiger partial charge in [-0.15, -0.1) is 0 Å². The fourth-order valence-electron chi connectivity index (χ4n) is 1.42. The molecule has 0 heterocycles. The highest BCUT2D eigenvalue weighted by atomic mass is 16.5. The van der Waals surface area contributed by atoms with Gasteiger partial charge in [-0.05, 0) is 31.8 Å². The minimum absolute atomic E-state index is 0.216. The van der Waals surface area contributed by atoms with E-state index < -0.39 is 0 Å². The number of nitrogens with zero attached hydrogens (tertiary/aromatic N) is 1. The number of methoxy groups -OCH3 is 1. The second-order valence-electron chi connectivity index (χ2n) is 3.80. The molecule has 0 bridgehead atoms. The Labute approximate surface area is 90.7 Å². The van der Waals surface area contributed by atoms with Crippen molar-refractivity contribution in [2.75, 3.05) is 27.7 Å². The third-order valence-corrected chi connectivity index (χ3v) is 2.03. The third kappa shape index (κ3) is 4.13. The number of benzene rings is 1. The second-order valence-corrected chi connectivity index (χ2v) is 3.80. The number of carbonyl (C=O) groups is 1. The molecule has 3 nitrogen and oxygen atoms in total. The molecule has 0 fully saturated rings. The standard InChI is InChI=1S/C12H17NO2/c1-13(2)9-11(14)7-10-5-4-6-12(8-10)15-3/h4-6,8H,7,9H2,1-3H3. The SMILES string of the molecule is COc1cccc(CC(=O)CN(C)C)c1. The van der Waals surface area contributed by atoms with Crippen molar-refractivity contribution in [3.8, 4) is 5.75 Å². The average molecular weight is 207 g/mol. The molecule has 15 heavy (non-hydrogen) atoms. The van der Waals surface area contributed by atoms with Crippen LogP contribution in [0, 0.1) is 0 Å². The summed E-state index contributed by atoms with van der Waals surface area (Å²) in [6.45, 7) is 0.483. The van der Waals surface area contributed by atoms with E-state index in [4.69, 9.17) is 4.74 Å². The number of likely N-dealkylation sites (N-methyl/N-ethyl adjacent to an activating group) is 1. The molecule has 0 aliphatic heterocycles. The lowest BCUT2D eigenvalue weighted by Crippen LogP contribution is -2.22. The maximum Gasteiger partial charge on any atom is 0.151 e. The molecular weight excluding hydrogens is 190 g/mol. The van der Waals surface area contributed by atoms with Gasteiger partial charge in [0.1, 0.15) is 5.75 Å². The molecular formula is C12H17NO2. The van der Waals surface area contributed by atoms with Crippen molar-refractivity contribution in [2.45, 2.75) is 6.42 Å². The van der Waals surface area contributed by atoms with Crippen LogP contribution in [-0.4, -0.2) is 38.4 Å². The average Bonchev–Trinajstić information content (AvgIpc) is 2.16. The Bertz CT molecular complexity index is 334. The topological polar surface area (TPSA) is 29.5 Å². The zero-order valence-corrected chi connectivity index (χ0v) is 9.49. The summed E-state index contributed by atoms with van der Waals surface area (Å²) in [6.07, 6.45) is 0.468. The monoisotopic (exact) mass is 207 g/mol. The predicted molar refractivity (Wildman–Crippen MR) is 60.3 cm³/mol. The van der Waals surface area contributed by atoms with Crippen molar-refractivity contribution in [1.82, 2.24) is 4.90 Å². The Morgan fingerprint density at radius 1 is 1.40 bits per heavy atom. The van der Waals surface area contributed by atoms with E-state index in [1.807, 2.05) is 43.3 Å². The quantitative estimate of drug-likeness (QED) is 0.730. The highest BCUT2D eigenvalue weighted by molar-refractivity contribution is 5.82. The first-order valence-corrected chi connectivity index (χ1v) is 4.91. The van der Waals surface area contributed by atoms with Gasteiger partial charge in [-0.25, -0.2) is 0 Å². The molecule has 3 heteroatoms. The predicted octanol–water partition coefficient (Wildman–Crippen LogP) is 1.37. The van der Waals surface area contributed by atoms with E-state index in [9.17, 15) is 4.79 Å². The Kier molecular flexibility index (Phi) is 4.31. The summed E-state index contributed by atoms with van der Waals surface area (Å²) in [7, 11) is 5.41. The lowest BCUT2D eigenvalue weighted by atomic mass is 10.1. The summed E-state index contributed by atoms with van der Waals surface area (Å²) in [5.74, 6) is 1.01. The van der Waals surface area contributed by atoms with E-state index in [-0.39, 0.29) is 5.78 Å². The molecule has 0 aromatic heterocycles. The van der Waals surface area contributed by atoms with E-state index in [1.54, 1.807) is 7.11 Å². The van der Waals surface area contributed by atoms with Crippen LogP contribution in [0.4, 0.5) is 0 Å². The van der Waals surface area contributed by atoms with Crippen LogP contribution in [0.1, 0.15) is 5.56 Å². The van der Waals surface area contributed by atoms with Crippen LogP contribution < -0.4 is 4.74 Å². The van der Waals surface area contributed by atoms with Gasteiger partial charge < -0.3 is 9.64 Å². The highest BCUT2D eigenvalue weighted by Crippen LogP contribution is 2.13. The van der Waals surface area contributed by atoms with Gasteiger partial charge in [-0.1, -0.05) is 12.1 Å². The van der Waals surface area contributed by atoms with Crippen LogP contribution in [0.2, 0.25) is 0 Å². The fourth-order valence-corrected chi connectivity index (χ4v) is 1.42. The molecule has 0 spiro atoms. The number of ketones is 1. The minimum atomic E-state index is 0.216. The van der Waals surface area contributed by atoms with Crippen LogP contribution >= 0.6 is 0 Å². The molecule has 0 N–H and O–H groups in total. The molecule has 0 unspecified atom stereocenters. The van der Waals surface area contributed by atoms with E-state index in [0.717, 1.165) is 11.3 Å². The van der Waals surface area contributed by atoms with Crippen molar-refractivity contribution in [3.05, 3.63) is 29.8 Å². The molecule has 0 aliphatic rings. The first kappa shape index (κ1) is 11.7. The highest BCUT2D eigenvalue weighted by Gasteiger charge is 2.05. The van der Waals surface area contributed by atoms with Gasteiger partial charge in [0.2, 0.25) is 0 Å². The number of hydrogen-bond donors (Lipinski definition) is 0. The Balaban J connectivity index is 2.60. The summed E-state index contributed by atoms with van der Waals surface area (Å²) in [4.78, 5) is 13.4. The van der Waals surface area contributed by atoms with Crippen molar-refractivity contribution in [2.24, 2.45) is 0 Å². The zero-order valence-electron chi connectivity index (χ0n) is 9.49. The van der Waals surface area contributed by atoms with E-state index in [0.29, 0.717) is 13.0 Å². The molecule has 0 atom stereocenters. The number of hydrogen-bond acceptors (Lipinski definition) is 3. The van der Waals surface area contributed by atoms with Gasteiger partial charge >= 0.3 is 0 Å². The molecule has 0 aliphatic carbocycles. The van der Waals surface area contributed by atoms with Gasteiger partial charge in [0.25, 0.3) is 0 Å². The maximum atomic E-state index is 11.5. The lowest BCUT2D eigenvalue weighted by molar-refractivity contribution is -0.119. The smallest absolute Gasteiger partial charge is 0.151 e. The van der Waals surface area contributed by atoms with Gasteiger partial charge in [-0.3, -0.25) is 4.79 Å². The molecule has 1 aromatic carbocycles. The van der Waals surface area contributed by atoms with Crippen molar-refractivity contribution < 1.29 is 9.53 Å². The third-order valence-electron chi connectivity index (χ3n) is 2.03. The zero-order chi connectivity index (χ0) is 11.3. The summed E-state index contributed by atoms with van der Waals surface area (Å²) >= 11 is 0. The van der Waals surface area contributed by atoms with E-state index in [1.165, 1.54) is 0 Å². The fraction of sp³-hybridized carbons (Fsp3) is 0.417. The van der Waals surface area contributed by atoms with Crippen LogP contribution in [0.5, 0.6) is 5.75 Å². The van der Waals surface area contributed by atoms with Gasteiger partial charge in [-0.2, -0.15) is 0 Å². The van der Waals surface area contributed by atoms with Crippen LogP contribution in [0.15, 0.2) is 24.3 Å². The van der Waals surface area contributed by atoms with E-state index >= 15 is 0 Å². The van der Waals surface area contributed by atoms with Gasteiger partial charge in [0.15, 0.2) is 5.78 Å². The molecule has 0 saturated carbocycles. The van der Waals surface area contributed by atoms with Gasteiger partial charge in [0.05, 0.1) is 13.7 Å². The normalized spacial score (nSPS) is 10.4. The van der Waals surface area contributed by atoms with Crippen molar-refractivity contribution in [1.29, 1.82) is 0 Å². The molecule has 0 saturated heterocycles. The number of rotatable bonds is 5. The number of Topliss-reactive ketones (excluding diaryl/α,β-unsaturated/α-hetero) is 1. The largest absolute Gasteiger partial charge is 0.497 e. The maximum absolute atomic E-state index is 11.5. The Hall–Kier alpha value is -1.35. The minimum Gasteiger partial charge on any atom is -0.497 e. The first-order chi connectivity index (χ1) is 7.11.